The van der Waals surface area contributed by atoms with Crippen LogP contribution in [0.3, 0.4) is 0 Å². The first-order valence-electron chi connectivity index (χ1n) is 5.74. The molecule has 2 aromatic rings. The third kappa shape index (κ3) is 2.86. The summed E-state index contributed by atoms with van der Waals surface area (Å²) in [4.78, 5) is 0. The van der Waals surface area contributed by atoms with Crippen LogP contribution in [0.15, 0.2) is 24.4 Å². The normalized spacial score (nSPS) is 12.6. The van der Waals surface area contributed by atoms with Gasteiger partial charge in [-0.1, -0.05) is 30.7 Å². The highest BCUT2D eigenvalue weighted by Crippen LogP contribution is 2.22. The van der Waals surface area contributed by atoms with E-state index >= 15 is 0 Å². The van der Waals surface area contributed by atoms with Crippen LogP contribution in [0.5, 0.6) is 0 Å². The van der Waals surface area contributed by atoms with Gasteiger partial charge in [-0.3, -0.25) is 0 Å². The van der Waals surface area contributed by atoms with Crippen LogP contribution in [-0.4, -0.2) is 22.0 Å². The molecule has 1 unspecified atom stereocenters. The van der Waals surface area contributed by atoms with Gasteiger partial charge in [-0.2, -0.15) is 15.4 Å². The second kappa shape index (κ2) is 5.93. The summed E-state index contributed by atoms with van der Waals surface area (Å²) in [6.45, 7) is 2.75. The highest BCUT2D eigenvalue weighted by atomic mass is 35.5. The summed E-state index contributed by atoms with van der Waals surface area (Å²) in [5.74, 6) is -0.370. The molecule has 0 radical (unpaired) electrons. The van der Waals surface area contributed by atoms with Gasteiger partial charge in [0.2, 0.25) is 0 Å². The van der Waals surface area contributed by atoms with Crippen molar-refractivity contribution in [3.8, 4) is 0 Å². The Morgan fingerprint density at radius 3 is 3.00 bits per heavy atom. The van der Waals surface area contributed by atoms with Gasteiger partial charge in [0.25, 0.3) is 0 Å². The van der Waals surface area contributed by atoms with Crippen LogP contribution in [0.25, 0.3) is 0 Å². The van der Waals surface area contributed by atoms with E-state index in [4.69, 9.17) is 11.6 Å². The van der Waals surface area contributed by atoms with Crippen molar-refractivity contribution in [2.75, 3.05) is 6.54 Å². The van der Waals surface area contributed by atoms with Crippen LogP contribution < -0.4 is 5.32 Å². The summed E-state index contributed by atoms with van der Waals surface area (Å²) in [6.07, 6.45) is 2.11. The first-order chi connectivity index (χ1) is 8.72. The minimum atomic E-state index is -0.370. The Morgan fingerprint density at radius 2 is 2.33 bits per heavy atom. The molecule has 96 valence electrons. The molecule has 0 bridgehead atoms. The summed E-state index contributed by atoms with van der Waals surface area (Å²) in [5, 5.41) is 13.8. The van der Waals surface area contributed by atoms with Crippen molar-refractivity contribution in [3.05, 3.63) is 46.5 Å². The Hall–Kier alpha value is -1.46. The average molecular weight is 269 g/mol. The zero-order valence-corrected chi connectivity index (χ0v) is 10.7. The van der Waals surface area contributed by atoms with Gasteiger partial charge in [-0.05, 0) is 24.6 Å². The quantitative estimate of drug-likeness (QED) is 0.876. The van der Waals surface area contributed by atoms with E-state index in [1.807, 2.05) is 6.92 Å². The molecule has 0 amide bonds. The summed E-state index contributed by atoms with van der Waals surface area (Å²) in [5.41, 5.74) is 1.33. The molecule has 0 saturated heterocycles. The third-order valence-electron chi connectivity index (χ3n) is 2.70. The van der Waals surface area contributed by atoms with Crippen molar-refractivity contribution in [3.63, 3.8) is 0 Å². The molecule has 6 heteroatoms. The summed E-state index contributed by atoms with van der Waals surface area (Å²) in [7, 11) is 0. The van der Waals surface area contributed by atoms with Crippen LogP contribution in [0.2, 0.25) is 5.02 Å². The molecule has 2 rings (SSSR count). The summed E-state index contributed by atoms with van der Waals surface area (Å²) < 4.78 is 13.8. The summed E-state index contributed by atoms with van der Waals surface area (Å²) in [6, 6.07) is 4.93. The predicted molar refractivity (Wildman–Crippen MR) is 67.9 cm³/mol. The van der Waals surface area contributed by atoms with Crippen LogP contribution >= 0.6 is 11.6 Å². The number of halogens is 2. The Kier molecular flexibility index (Phi) is 4.28. The maximum absolute atomic E-state index is 13.8. The van der Waals surface area contributed by atoms with E-state index in [-0.39, 0.29) is 16.9 Å². The number of hydrogen-bond acceptors (Lipinski definition) is 3. The van der Waals surface area contributed by atoms with E-state index in [0.717, 1.165) is 12.2 Å². The minimum Gasteiger partial charge on any atom is -0.309 e. The molecule has 4 nitrogen and oxygen atoms in total. The number of likely N-dealkylation sites (N-methyl/N-ethyl adjacent to an activating group) is 1. The van der Waals surface area contributed by atoms with Crippen molar-refractivity contribution >= 4 is 11.6 Å². The smallest absolute Gasteiger partial charge is 0.145 e. The second-order valence-corrected chi connectivity index (χ2v) is 4.33. The van der Waals surface area contributed by atoms with Crippen LogP contribution in [0, 0.1) is 5.82 Å². The van der Waals surface area contributed by atoms with E-state index in [1.54, 1.807) is 24.4 Å². The van der Waals surface area contributed by atoms with Gasteiger partial charge in [0, 0.05) is 0 Å². The molecule has 0 aliphatic rings. The molecule has 1 aromatic heterocycles. The Balaban J connectivity index is 2.21. The molecule has 0 saturated carbocycles. The fraction of sp³-hybridized carbons (Fsp3) is 0.333. The van der Waals surface area contributed by atoms with E-state index < -0.39 is 0 Å². The molecular weight excluding hydrogens is 255 g/mol. The number of aromatic nitrogens is 3. The largest absolute Gasteiger partial charge is 0.309 e. The van der Waals surface area contributed by atoms with E-state index in [2.05, 4.69) is 20.7 Å². The maximum Gasteiger partial charge on any atom is 0.145 e. The lowest BCUT2D eigenvalue weighted by Gasteiger charge is -2.15. The van der Waals surface area contributed by atoms with Gasteiger partial charge in [0.1, 0.15) is 5.82 Å². The third-order valence-corrected chi connectivity index (χ3v) is 2.99. The number of aromatic amines is 1. The Morgan fingerprint density at radius 1 is 1.50 bits per heavy atom. The molecule has 1 heterocycles. The molecule has 0 aliphatic carbocycles. The van der Waals surface area contributed by atoms with Gasteiger partial charge < -0.3 is 5.32 Å². The summed E-state index contributed by atoms with van der Waals surface area (Å²) >= 11 is 5.77. The number of nitrogens with zero attached hydrogens (tertiary/aromatic N) is 2. The van der Waals surface area contributed by atoms with Crippen molar-refractivity contribution in [2.24, 2.45) is 0 Å². The molecular formula is C12H14ClFN4. The van der Waals surface area contributed by atoms with Gasteiger partial charge >= 0.3 is 0 Å². The van der Waals surface area contributed by atoms with Crippen LogP contribution in [-0.2, 0) is 6.42 Å². The topological polar surface area (TPSA) is 53.6 Å². The Labute approximate surface area is 110 Å². The fourth-order valence-corrected chi connectivity index (χ4v) is 2.03. The highest BCUT2D eigenvalue weighted by molar-refractivity contribution is 6.30. The van der Waals surface area contributed by atoms with Gasteiger partial charge in [0.05, 0.1) is 23.0 Å². The Bertz CT molecular complexity index is 501. The first-order valence-corrected chi connectivity index (χ1v) is 6.12. The van der Waals surface area contributed by atoms with E-state index in [1.165, 1.54) is 0 Å². The van der Waals surface area contributed by atoms with Gasteiger partial charge in [-0.15, -0.1) is 0 Å². The van der Waals surface area contributed by atoms with Crippen LogP contribution in [0.4, 0.5) is 4.39 Å². The molecule has 0 fully saturated rings. The lowest BCUT2D eigenvalue weighted by Crippen LogP contribution is -2.23. The number of nitrogens with one attached hydrogen (secondary N) is 2. The first kappa shape index (κ1) is 13.0. The lowest BCUT2D eigenvalue weighted by molar-refractivity contribution is 0.517. The van der Waals surface area contributed by atoms with E-state index in [0.29, 0.717) is 12.0 Å². The van der Waals surface area contributed by atoms with Crippen molar-refractivity contribution in [2.45, 2.75) is 19.4 Å². The molecule has 2 N–H and O–H groups in total. The molecule has 1 aromatic carbocycles. The standard InChI is InChI=1S/C12H14ClFN4/c1-2-15-10(11-7-16-18-17-11)6-8-4-3-5-9(13)12(8)14/h3-5,7,10,15H,2,6H2,1H3,(H,16,17,18). The number of rotatable bonds is 5. The molecule has 18 heavy (non-hydrogen) atoms. The molecule has 0 aliphatic heterocycles. The van der Waals surface area contributed by atoms with Crippen molar-refractivity contribution in [1.29, 1.82) is 0 Å². The van der Waals surface area contributed by atoms with Crippen molar-refractivity contribution < 1.29 is 4.39 Å². The second-order valence-electron chi connectivity index (χ2n) is 3.92. The molecule has 1 atom stereocenters. The number of benzene rings is 1. The zero-order chi connectivity index (χ0) is 13.0. The predicted octanol–water partition coefficient (Wildman–Crippen LogP) is 2.49. The van der Waals surface area contributed by atoms with Gasteiger partial charge in [-0.25, -0.2) is 4.39 Å². The number of H-pyrrole nitrogens is 1. The molecule has 0 spiro atoms. The zero-order valence-electron chi connectivity index (χ0n) is 9.95. The lowest BCUT2D eigenvalue weighted by atomic mass is 10.0. The van der Waals surface area contributed by atoms with Crippen LogP contribution in [0.1, 0.15) is 24.2 Å². The average Bonchev–Trinajstić information content (AvgIpc) is 2.88. The SMILES string of the molecule is CCNC(Cc1cccc(Cl)c1F)c1cn[nH]n1. The number of hydrogen-bond donors (Lipinski definition) is 2. The van der Waals surface area contributed by atoms with E-state index in [9.17, 15) is 4.39 Å². The minimum absolute atomic E-state index is 0.0817. The van der Waals surface area contributed by atoms with Crippen molar-refractivity contribution in [1.82, 2.24) is 20.7 Å². The fourth-order valence-electron chi connectivity index (χ4n) is 1.83. The highest BCUT2D eigenvalue weighted by Gasteiger charge is 2.16. The monoisotopic (exact) mass is 268 g/mol. The van der Waals surface area contributed by atoms with Gasteiger partial charge in [0.15, 0.2) is 0 Å². The maximum atomic E-state index is 13.8.